The largest absolute Gasteiger partial charge is 0.483 e. The van der Waals surface area contributed by atoms with Gasteiger partial charge in [-0.2, -0.15) is 5.10 Å². The van der Waals surface area contributed by atoms with Gasteiger partial charge in [0.05, 0.1) is 19.4 Å². The van der Waals surface area contributed by atoms with Crippen molar-refractivity contribution in [2.24, 2.45) is 5.10 Å². The average molecular weight is 432 g/mol. The van der Waals surface area contributed by atoms with Gasteiger partial charge in [-0.1, -0.05) is 46.3 Å². The van der Waals surface area contributed by atoms with E-state index in [-0.39, 0.29) is 12.5 Å². The first-order valence-corrected chi connectivity index (χ1v) is 9.58. The molecule has 7 heteroatoms. The van der Waals surface area contributed by atoms with E-state index in [9.17, 15) is 4.79 Å². The van der Waals surface area contributed by atoms with Crippen molar-refractivity contribution in [3.8, 4) is 5.75 Å². The summed E-state index contributed by atoms with van der Waals surface area (Å²) in [6.45, 7) is 3.93. The Labute approximate surface area is 167 Å². The van der Waals surface area contributed by atoms with Gasteiger partial charge in [0, 0.05) is 29.7 Å². The molecule has 2 aromatic carbocycles. The summed E-state index contributed by atoms with van der Waals surface area (Å²) in [6, 6.07) is 15.4. The van der Waals surface area contributed by atoms with Crippen LogP contribution in [0.5, 0.6) is 5.75 Å². The van der Waals surface area contributed by atoms with Crippen molar-refractivity contribution in [1.82, 2.24) is 10.3 Å². The van der Waals surface area contributed by atoms with Gasteiger partial charge in [-0.05, 0) is 23.8 Å². The van der Waals surface area contributed by atoms with Gasteiger partial charge in [0.2, 0.25) is 0 Å². The van der Waals surface area contributed by atoms with Crippen molar-refractivity contribution < 1.29 is 14.3 Å². The summed E-state index contributed by atoms with van der Waals surface area (Å²) in [6.07, 6.45) is 1.60. The first-order valence-electron chi connectivity index (χ1n) is 8.79. The molecule has 1 N–H and O–H groups in total. The van der Waals surface area contributed by atoms with Crippen LogP contribution in [0.4, 0.5) is 0 Å². The van der Waals surface area contributed by atoms with Gasteiger partial charge < -0.3 is 9.47 Å². The van der Waals surface area contributed by atoms with Crippen LogP contribution in [0.15, 0.2) is 58.1 Å². The highest BCUT2D eigenvalue weighted by Gasteiger charge is 2.14. The molecular formula is C20H22BrN3O3. The van der Waals surface area contributed by atoms with Crippen LogP contribution < -0.4 is 10.2 Å². The van der Waals surface area contributed by atoms with E-state index in [1.54, 1.807) is 6.21 Å². The van der Waals surface area contributed by atoms with Crippen molar-refractivity contribution in [1.29, 1.82) is 0 Å². The molecule has 1 saturated heterocycles. The molecule has 3 rings (SSSR count). The van der Waals surface area contributed by atoms with E-state index in [1.807, 2.05) is 48.5 Å². The van der Waals surface area contributed by atoms with Gasteiger partial charge in [0.25, 0.3) is 5.91 Å². The highest BCUT2D eigenvalue weighted by atomic mass is 79.9. The van der Waals surface area contributed by atoms with Crippen molar-refractivity contribution in [3.05, 3.63) is 64.1 Å². The highest BCUT2D eigenvalue weighted by Crippen LogP contribution is 2.25. The predicted molar refractivity (Wildman–Crippen MR) is 108 cm³/mol. The molecule has 1 heterocycles. The van der Waals surface area contributed by atoms with E-state index in [0.29, 0.717) is 5.75 Å². The summed E-state index contributed by atoms with van der Waals surface area (Å²) in [7, 11) is 0. The molecule has 0 bridgehead atoms. The van der Waals surface area contributed by atoms with Gasteiger partial charge in [-0.15, -0.1) is 0 Å². The molecule has 1 amide bonds. The minimum atomic E-state index is -0.303. The minimum absolute atomic E-state index is 0.0934. The number of carbonyl (C=O) groups is 1. The summed E-state index contributed by atoms with van der Waals surface area (Å²) < 4.78 is 12.1. The summed E-state index contributed by atoms with van der Waals surface area (Å²) in [5.41, 5.74) is 4.43. The number of nitrogens with one attached hydrogen (secondary N) is 1. The zero-order valence-corrected chi connectivity index (χ0v) is 16.5. The number of halogens is 1. The third-order valence-corrected chi connectivity index (χ3v) is 4.57. The monoisotopic (exact) mass is 431 g/mol. The van der Waals surface area contributed by atoms with E-state index in [4.69, 9.17) is 9.47 Å². The van der Waals surface area contributed by atoms with Crippen LogP contribution in [0.1, 0.15) is 11.1 Å². The normalized spacial score (nSPS) is 15.0. The lowest BCUT2D eigenvalue weighted by molar-refractivity contribution is -0.123. The number of rotatable bonds is 7. The van der Waals surface area contributed by atoms with Crippen LogP contribution in [-0.4, -0.2) is 49.9 Å². The number of morpholine rings is 1. The second-order valence-electron chi connectivity index (χ2n) is 6.13. The molecule has 0 saturated carbocycles. The average Bonchev–Trinajstić information content (AvgIpc) is 2.69. The van der Waals surface area contributed by atoms with Crippen molar-refractivity contribution in [2.45, 2.75) is 6.54 Å². The molecule has 0 atom stereocenters. The Morgan fingerprint density at radius 3 is 2.78 bits per heavy atom. The van der Waals surface area contributed by atoms with E-state index in [0.717, 1.165) is 48.4 Å². The first-order chi connectivity index (χ1) is 13.2. The zero-order valence-electron chi connectivity index (χ0n) is 14.9. The minimum Gasteiger partial charge on any atom is -0.483 e. The van der Waals surface area contributed by atoms with Crippen LogP contribution in [0.2, 0.25) is 0 Å². The maximum Gasteiger partial charge on any atom is 0.277 e. The zero-order chi connectivity index (χ0) is 18.9. The van der Waals surface area contributed by atoms with Crippen molar-refractivity contribution in [2.75, 3.05) is 32.9 Å². The van der Waals surface area contributed by atoms with Gasteiger partial charge in [0.15, 0.2) is 6.61 Å². The number of nitrogens with zero attached hydrogens (tertiary/aromatic N) is 2. The van der Waals surface area contributed by atoms with Crippen LogP contribution >= 0.6 is 15.9 Å². The Balaban J connectivity index is 1.53. The molecule has 1 fully saturated rings. The van der Waals surface area contributed by atoms with E-state index < -0.39 is 0 Å². The summed E-state index contributed by atoms with van der Waals surface area (Å²) in [5, 5.41) is 3.95. The lowest BCUT2D eigenvalue weighted by Gasteiger charge is -2.27. The topological polar surface area (TPSA) is 63.2 Å². The van der Waals surface area contributed by atoms with Gasteiger partial charge in [-0.3, -0.25) is 9.69 Å². The molecule has 2 aromatic rings. The number of carbonyl (C=O) groups excluding carboxylic acids is 1. The molecule has 1 aliphatic rings. The van der Waals surface area contributed by atoms with Crippen LogP contribution in [0, 0.1) is 0 Å². The Morgan fingerprint density at radius 2 is 2.00 bits per heavy atom. The number of hydrazone groups is 1. The third kappa shape index (κ3) is 6.46. The highest BCUT2D eigenvalue weighted by molar-refractivity contribution is 9.10. The fourth-order valence-corrected chi connectivity index (χ4v) is 3.11. The summed E-state index contributed by atoms with van der Waals surface area (Å²) in [4.78, 5) is 14.3. The van der Waals surface area contributed by atoms with Crippen LogP contribution in [-0.2, 0) is 16.1 Å². The molecule has 6 nitrogen and oxygen atoms in total. The van der Waals surface area contributed by atoms with Gasteiger partial charge in [0.1, 0.15) is 5.75 Å². The molecule has 0 spiro atoms. The second-order valence-corrected chi connectivity index (χ2v) is 7.05. The summed E-state index contributed by atoms with van der Waals surface area (Å²) >= 11 is 3.50. The van der Waals surface area contributed by atoms with Crippen LogP contribution in [0.25, 0.3) is 0 Å². The number of ether oxygens (including phenoxy) is 2. The molecule has 1 aliphatic heterocycles. The molecule has 0 aromatic heterocycles. The Kier molecular flexibility index (Phi) is 7.38. The number of benzene rings is 2. The summed E-state index contributed by atoms with van der Waals surface area (Å²) in [5.74, 6) is 0.398. The standard InChI is InChI=1S/C20H22BrN3O3/c21-18-6-7-19(17(12-18)14-24-8-10-26-11-9-24)27-15-20(25)23-22-13-16-4-2-1-3-5-16/h1-7,12-13H,8-11,14-15H2,(H,23,25)/b22-13+. The lowest BCUT2D eigenvalue weighted by atomic mass is 10.2. The Hall–Kier alpha value is -2.22. The van der Waals surface area contributed by atoms with Crippen molar-refractivity contribution in [3.63, 3.8) is 0 Å². The number of amides is 1. The predicted octanol–water partition coefficient (Wildman–Crippen LogP) is 2.81. The molecule has 0 radical (unpaired) electrons. The molecule has 0 unspecified atom stereocenters. The van der Waals surface area contributed by atoms with Crippen molar-refractivity contribution >= 4 is 28.1 Å². The number of hydrogen-bond donors (Lipinski definition) is 1. The fraction of sp³-hybridized carbons (Fsp3) is 0.300. The number of hydrogen-bond acceptors (Lipinski definition) is 5. The van der Waals surface area contributed by atoms with E-state index in [1.165, 1.54) is 0 Å². The Bertz CT molecular complexity index is 777. The van der Waals surface area contributed by atoms with Gasteiger partial charge >= 0.3 is 0 Å². The molecular weight excluding hydrogens is 410 g/mol. The SMILES string of the molecule is O=C(COc1ccc(Br)cc1CN1CCOCC1)N/N=C/c1ccccc1. The van der Waals surface area contributed by atoms with Crippen LogP contribution in [0.3, 0.4) is 0 Å². The second kappa shape index (κ2) is 10.2. The molecule has 27 heavy (non-hydrogen) atoms. The smallest absolute Gasteiger partial charge is 0.277 e. The van der Waals surface area contributed by atoms with Gasteiger partial charge in [-0.25, -0.2) is 5.43 Å². The molecule has 142 valence electrons. The molecule has 0 aliphatic carbocycles. The third-order valence-electron chi connectivity index (χ3n) is 4.08. The van der Waals surface area contributed by atoms with E-state index in [2.05, 4.69) is 31.4 Å². The maximum atomic E-state index is 12.0. The Morgan fingerprint density at radius 1 is 1.22 bits per heavy atom. The lowest BCUT2D eigenvalue weighted by Crippen LogP contribution is -2.35. The fourth-order valence-electron chi connectivity index (χ4n) is 2.71. The quantitative estimate of drug-likeness (QED) is 0.540. The first kappa shape index (κ1) is 19.5. The maximum absolute atomic E-state index is 12.0. The van der Waals surface area contributed by atoms with E-state index >= 15 is 0 Å².